The Balaban J connectivity index is 1.36. The lowest BCUT2D eigenvalue weighted by Gasteiger charge is -2.38. The molecule has 0 unspecified atom stereocenters. The first-order valence-electron chi connectivity index (χ1n) is 13.9. The number of anilines is 1. The second-order valence-electron chi connectivity index (χ2n) is 11.9. The van der Waals surface area contributed by atoms with Crippen molar-refractivity contribution < 1.29 is 35.9 Å². The summed E-state index contributed by atoms with van der Waals surface area (Å²) < 4.78 is 74.3. The summed E-state index contributed by atoms with van der Waals surface area (Å²) in [6.45, 7) is 6.78. The Morgan fingerprint density at radius 2 is 1.79 bits per heavy atom. The summed E-state index contributed by atoms with van der Waals surface area (Å²) in [7, 11) is -4.26. The number of amides is 2. The molecule has 5 rings (SSSR count). The fraction of sp³-hybridized carbons (Fsp3) is 0.667. The number of likely N-dealkylation sites (tertiary alicyclic amines) is 1. The Bertz CT molecular complexity index is 1400. The third-order valence-electron chi connectivity index (χ3n) is 8.79. The number of carbonyl (C=O) groups excluding carboxylic acids is 2. The number of benzene rings is 1. The van der Waals surface area contributed by atoms with Crippen molar-refractivity contribution in [2.75, 3.05) is 37.6 Å². The first-order valence-corrected chi connectivity index (χ1v) is 15.9. The lowest BCUT2D eigenvalue weighted by atomic mass is 10.1. The predicted octanol–water partition coefficient (Wildman–Crippen LogP) is 3.70. The fourth-order valence-corrected chi connectivity index (χ4v) is 7.88. The number of rotatable bonds is 7. The molecule has 230 valence electrons. The van der Waals surface area contributed by atoms with Gasteiger partial charge in [0.25, 0.3) is 0 Å². The third-order valence-corrected chi connectivity index (χ3v) is 11.4. The first kappa shape index (κ1) is 30.7. The number of carbonyl (C=O) groups is 2. The Kier molecular flexibility index (Phi) is 7.85. The van der Waals surface area contributed by atoms with Crippen LogP contribution in [0.4, 0.5) is 23.7 Å². The Morgan fingerprint density at radius 3 is 2.29 bits per heavy atom. The van der Waals surface area contributed by atoms with E-state index in [1.54, 1.807) is 12.1 Å². The molecule has 0 spiro atoms. The molecule has 2 saturated heterocycles. The highest BCUT2D eigenvalue weighted by molar-refractivity contribution is 7.92. The first-order chi connectivity index (χ1) is 19.6. The quantitative estimate of drug-likeness (QED) is 0.483. The van der Waals surface area contributed by atoms with Crippen LogP contribution >= 0.6 is 11.6 Å². The molecular weight excluding hydrogens is 599 g/mol. The van der Waals surface area contributed by atoms with Gasteiger partial charge in [0, 0.05) is 50.9 Å². The number of halogens is 4. The summed E-state index contributed by atoms with van der Waals surface area (Å²) in [5, 5.41) is 10.2. The zero-order valence-corrected chi connectivity index (χ0v) is 24.9. The molecule has 1 N–H and O–H groups in total. The second kappa shape index (κ2) is 10.7. The normalized spacial score (nSPS) is 25.2. The summed E-state index contributed by atoms with van der Waals surface area (Å²) in [5.74, 6) is -1.33. The van der Waals surface area contributed by atoms with Crippen LogP contribution in [0.2, 0.25) is 5.02 Å². The minimum Gasteiger partial charge on any atom is -0.425 e. The number of hydrogen-bond donors (Lipinski definition) is 1. The summed E-state index contributed by atoms with van der Waals surface area (Å²) in [5.41, 5.74) is -3.01. The number of ether oxygens (including phenoxy) is 1. The largest absolute Gasteiger partial charge is 0.425 e. The summed E-state index contributed by atoms with van der Waals surface area (Å²) >= 11 is 6.48. The molecule has 2 heterocycles. The van der Waals surface area contributed by atoms with Crippen LogP contribution in [0.5, 0.6) is 0 Å². The maximum absolute atomic E-state index is 13.8. The van der Waals surface area contributed by atoms with Crippen molar-refractivity contribution >= 4 is 39.1 Å². The van der Waals surface area contributed by atoms with Gasteiger partial charge in [-0.3, -0.25) is 9.69 Å². The molecule has 0 aromatic heterocycles. The standard InChI is InChI=1S/C27H33ClF3N5O5S/c1-17(2)34-9-11-35(12-10-34)18-3-4-21(20(28)13-18)42(39,40)19-14-22(41-24(38)33-25(16-32)5-6-25)36(15-19)23(37)26(7-8-26)27(29,30)31/h3-4,13,17,19,22H,5-12,14-15H2,1-2H3,(H,33,38)/t19-,22+/m1/s1. The molecule has 0 radical (unpaired) electrons. The monoisotopic (exact) mass is 631 g/mol. The number of sulfone groups is 1. The highest BCUT2D eigenvalue weighted by Gasteiger charge is 2.70. The predicted molar refractivity (Wildman–Crippen MR) is 146 cm³/mol. The van der Waals surface area contributed by atoms with E-state index in [0.717, 1.165) is 31.9 Å². The van der Waals surface area contributed by atoms with E-state index in [0.29, 0.717) is 23.8 Å². The average molecular weight is 632 g/mol. The highest BCUT2D eigenvalue weighted by Crippen LogP contribution is 2.59. The number of alkyl carbamates (subject to hydrolysis) is 1. The van der Waals surface area contributed by atoms with E-state index in [-0.39, 0.29) is 9.92 Å². The van der Waals surface area contributed by atoms with Crippen molar-refractivity contribution in [1.29, 1.82) is 5.26 Å². The van der Waals surface area contributed by atoms with Crippen LogP contribution in [0.3, 0.4) is 0 Å². The van der Waals surface area contributed by atoms with Crippen molar-refractivity contribution in [2.24, 2.45) is 5.41 Å². The molecule has 10 nitrogen and oxygen atoms in total. The van der Waals surface area contributed by atoms with E-state index in [1.165, 1.54) is 6.07 Å². The molecule has 4 fully saturated rings. The van der Waals surface area contributed by atoms with Gasteiger partial charge >= 0.3 is 12.3 Å². The number of piperazine rings is 1. The van der Waals surface area contributed by atoms with Crippen LogP contribution in [0.25, 0.3) is 0 Å². The lowest BCUT2D eigenvalue weighted by molar-refractivity contribution is -0.201. The molecule has 2 saturated carbocycles. The van der Waals surface area contributed by atoms with Crippen LogP contribution in [0.1, 0.15) is 46.0 Å². The maximum Gasteiger partial charge on any atom is 0.410 e. The van der Waals surface area contributed by atoms with Gasteiger partial charge in [0.1, 0.15) is 11.0 Å². The van der Waals surface area contributed by atoms with E-state index >= 15 is 0 Å². The van der Waals surface area contributed by atoms with Gasteiger partial charge in [-0.15, -0.1) is 0 Å². The number of hydrogen-bond acceptors (Lipinski definition) is 8. The molecular formula is C27H33ClF3N5O5S. The Hall–Kier alpha value is -2.76. The summed E-state index contributed by atoms with van der Waals surface area (Å²) in [6.07, 6.45) is -8.06. The van der Waals surface area contributed by atoms with Crippen molar-refractivity contribution in [3.05, 3.63) is 23.2 Å². The zero-order valence-electron chi connectivity index (χ0n) is 23.3. The van der Waals surface area contributed by atoms with Crippen LogP contribution in [-0.2, 0) is 19.4 Å². The van der Waals surface area contributed by atoms with Gasteiger partial charge in [-0.1, -0.05) is 11.6 Å². The van der Waals surface area contributed by atoms with Crippen molar-refractivity contribution in [2.45, 2.75) is 80.1 Å². The van der Waals surface area contributed by atoms with Crippen LogP contribution < -0.4 is 10.2 Å². The van der Waals surface area contributed by atoms with Crippen molar-refractivity contribution in [3.8, 4) is 6.07 Å². The third kappa shape index (κ3) is 5.63. The summed E-state index contributed by atoms with van der Waals surface area (Å²) in [6, 6.07) is 6.91. The maximum atomic E-state index is 13.8. The van der Waals surface area contributed by atoms with Crippen LogP contribution in [0, 0.1) is 16.7 Å². The number of nitriles is 1. The molecule has 1 aromatic carbocycles. The van der Waals surface area contributed by atoms with E-state index in [1.807, 2.05) is 6.07 Å². The van der Waals surface area contributed by atoms with E-state index in [2.05, 4.69) is 29.0 Å². The van der Waals surface area contributed by atoms with Gasteiger partial charge in [0.15, 0.2) is 16.1 Å². The number of nitrogens with one attached hydrogen (secondary N) is 1. The van der Waals surface area contributed by atoms with E-state index in [4.69, 9.17) is 16.3 Å². The minimum atomic E-state index is -4.84. The summed E-state index contributed by atoms with van der Waals surface area (Å²) in [4.78, 5) is 30.7. The SMILES string of the molecule is CC(C)N1CCN(c2ccc(S(=O)(=O)[C@@H]3C[C@H](OC(=O)NC4(C#N)CC4)N(C(=O)C4(C(F)(F)F)CC4)C3)c(Cl)c2)CC1. The average Bonchev–Trinajstić information content (AvgIpc) is 3.85. The zero-order chi connectivity index (χ0) is 30.7. The molecule has 4 aliphatic rings. The van der Waals surface area contributed by atoms with Gasteiger partial charge in [-0.05, 0) is 57.7 Å². The van der Waals surface area contributed by atoms with Gasteiger partial charge in [-0.25, -0.2) is 13.2 Å². The van der Waals surface area contributed by atoms with Gasteiger partial charge in [-0.2, -0.15) is 18.4 Å². The van der Waals surface area contributed by atoms with Crippen LogP contribution in [-0.4, -0.2) is 92.2 Å². The van der Waals surface area contributed by atoms with E-state index < -0.39 is 76.3 Å². The number of nitrogens with zero attached hydrogens (tertiary/aromatic N) is 4. The van der Waals surface area contributed by atoms with Crippen molar-refractivity contribution in [3.63, 3.8) is 0 Å². The topological polar surface area (TPSA) is 123 Å². The molecule has 2 amide bonds. The molecule has 1 aromatic rings. The van der Waals surface area contributed by atoms with Crippen molar-refractivity contribution in [1.82, 2.24) is 15.1 Å². The molecule has 2 atom stereocenters. The Labute approximate surface area is 247 Å². The van der Waals surface area contributed by atoms with Crippen LogP contribution in [0.15, 0.2) is 23.1 Å². The smallest absolute Gasteiger partial charge is 0.410 e. The van der Waals surface area contributed by atoms with Gasteiger partial charge < -0.3 is 19.9 Å². The van der Waals surface area contributed by atoms with E-state index in [9.17, 15) is 36.4 Å². The number of alkyl halides is 3. The molecule has 2 aliphatic carbocycles. The molecule has 0 bridgehead atoms. The molecule has 15 heteroatoms. The lowest BCUT2D eigenvalue weighted by Crippen LogP contribution is -2.49. The fourth-order valence-electron chi connectivity index (χ4n) is 5.66. The highest BCUT2D eigenvalue weighted by atomic mass is 35.5. The molecule has 2 aliphatic heterocycles. The minimum absolute atomic E-state index is 0.0440. The van der Waals surface area contributed by atoms with Gasteiger partial charge in [0.2, 0.25) is 5.91 Å². The molecule has 42 heavy (non-hydrogen) atoms. The second-order valence-corrected chi connectivity index (χ2v) is 14.5. The Morgan fingerprint density at radius 1 is 1.14 bits per heavy atom. The van der Waals surface area contributed by atoms with Gasteiger partial charge in [0.05, 0.1) is 21.2 Å².